The van der Waals surface area contributed by atoms with Crippen LogP contribution in [0.25, 0.3) is 0 Å². The highest BCUT2D eigenvalue weighted by Crippen LogP contribution is 2.25. The second kappa shape index (κ2) is 14.0. The zero-order valence-corrected chi connectivity index (χ0v) is 23.5. The molecule has 0 spiro atoms. The number of anilines is 1. The summed E-state index contributed by atoms with van der Waals surface area (Å²) in [6, 6.07) is 11.1. The molecule has 0 aromatic heterocycles. The number of halogens is 1. The van der Waals surface area contributed by atoms with Gasteiger partial charge in [0.15, 0.2) is 11.6 Å². The number of Topliss-reactive ketones (excluding diaryl/α,β-unsaturated/α-hetero) is 2. The molecule has 2 heterocycles. The Hall–Kier alpha value is -3.14. The van der Waals surface area contributed by atoms with Crippen molar-refractivity contribution in [1.29, 1.82) is 0 Å². The van der Waals surface area contributed by atoms with Crippen LogP contribution in [0, 0.1) is 17.7 Å². The van der Waals surface area contributed by atoms with Gasteiger partial charge in [0, 0.05) is 61.5 Å². The van der Waals surface area contributed by atoms with Crippen LogP contribution >= 0.6 is 0 Å². The number of amides is 2. The minimum atomic E-state index is -0.367. The normalized spacial score (nSPS) is 22.1. The number of benzene rings is 2. The standard InChI is InChI=1S/C31H41FN4O4/c1-21(38)25-15-26(22(2)39)17-29(16-25)33-31(40)34-30-9-11-35(12-13-37)19-27(30)20-36-10-3-4-24(18-36)14-23-5-7-28(32)8-6-23/h5-8,15-17,24,27,30,37H,3-4,9-14,18-20H2,1-2H3,(H2,33,34,40)/t24?,27-,30+/m0/s1. The van der Waals surface area contributed by atoms with E-state index in [0.717, 1.165) is 64.0 Å². The Morgan fingerprint density at radius 3 is 2.30 bits per heavy atom. The number of aliphatic hydroxyl groups excluding tert-OH is 1. The maximum absolute atomic E-state index is 13.3. The summed E-state index contributed by atoms with van der Waals surface area (Å²) in [4.78, 5) is 41.7. The van der Waals surface area contributed by atoms with Gasteiger partial charge in [-0.25, -0.2) is 9.18 Å². The Bertz CT molecular complexity index is 1160. The first-order valence-electron chi connectivity index (χ1n) is 14.2. The molecule has 0 bridgehead atoms. The molecule has 1 unspecified atom stereocenters. The van der Waals surface area contributed by atoms with E-state index >= 15 is 0 Å². The number of carbonyl (C=O) groups excluding carboxylic acids is 3. The number of nitrogens with one attached hydrogen (secondary N) is 2. The van der Waals surface area contributed by atoms with Gasteiger partial charge in [-0.2, -0.15) is 0 Å². The molecule has 2 aromatic carbocycles. The summed E-state index contributed by atoms with van der Waals surface area (Å²) in [6.45, 7) is 7.91. The van der Waals surface area contributed by atoms with Crippen LogP contribution in [0.1, 0.15) is 59.4 Å². The summed E-state index contributed by atoms with van der Waals surface area (Å²) in [6.07, 6.45) is 3.92. The minimum absolute atomic E-state index is 0.0596. The molecule has 3 N–H and O–H groups in total. The lowest BCUT2D eigenvalue weighted by Gasteiger charge is -2.42. The number of urea groups is 1. The number of likely N-dealkylation sites (tertiary alicyclic amines) is 2. The van der Waals surface area contributed by atoms with Crippen molar-refractivity contribution in [1.82, 2.24) is 15.1 Å². The van der Waals surface area contributed by atoms with Crippen LogP contribution in [0.4, 0.5) is 14.9 Å². The number of hydrogen-bond donors (Lipinski definition) is 3. The van der Waals surface area contributed by atoms with Crippen molar-refractivity contribution in [3.63, 3.8) is 0 Å². The highest BCUT2D eigenvalue weighted by Gasteiger charge is 2.33. The first-order valence-corrected chi connectivity index (χ1v) is 14.2. The van der Waals surface area contributed by atoms with Crippen molar-refractivity contribution < 1.29 is 23.9 Å². The third kappa shape index (κ3) is 8.43. The lowest BCUT2D eigenvalue weighted by Crippen LogP contribution is -2.56. The molecule has 216 valence electrons. The van der Waals surface area contributed by atoms with E-state index in [1.54, 1.807) is 18.2 Å². The predicted molar refractivity (Wildman–Crippen MR) is 153 cm³/mol. The zero-order chi connectivity index (χ0) is 28.6. The molecule has 0 aliphatic carbocycles. The van der Waals surface area contributed by atoms with E-state index in [4.69, 9.17) is 0 Å². The zero-order valence-electron chi connectivity index (χ0n) is 23.5. The lowest BCUT2D eigenvalue weighted by molar-refractivity contribution is 0.0760. The Labute approximate surface area is 235 Å². The number of carbonyl (C=O) groups is 3. The van der Waals surface area contributed by atoms with E-state index in [1.807, 2.05) is 12.1 Å². The number of piperidine rings is 2. The van der Waals surface area contributed by atoms with Crippen LogP contribution < -0.4 is 10.6 Å². The topological polar surface area (TPSA) is 102 Å². The summed E-state index contributed by atoms with van der Waals surface area (Å²) < 4.78 is 13.3. The highest BCUT2D eigenvalue weighted by atomic mass is 19.1. The Morgan fingerprint density at radius 1 is 0.950 bits per heavy atom. The quantitative estimate of drug-likeness (QED) is 0.386. The fourth-order valence-corrected chi connectivity index (χ4v) is 6.04. The van der Waals surface area contributed by atoms with Gasteiger partial charge in [0.2, 0.25) is 0 Å². The molecule has 2 aromatic rings. The van der Waals surface area contributed by atoms with Gasteiger partial charge in [-0.05, 0) is 87.9 Å². The maximum Gasteiger partial charge on any atom is 0.319 e. The fourth-order valence-electron chi connectivity index (χ4n) is 6.04. The molecule has 2 aliphatic heterocycles. The Kier molecular flexibility index (Phi) is 10.4. The molecule has 2 aliphatic rings. The number of ketones is 2. The van der Waals surface area contributed by atoms with Crippen LogP contribution in [-0.4, -0.2) is 84.4 Å². The van der Waals surface area contributed by atoms with Gasteiger partial charge in [0.05, 0.1) is 6.61 Å². The van der Waals surface area contributed by atoms with Crippen LogP contribution in [0.15, 0.2) is 42.5 Å². The average Bonchev–Trinajstić information content (AvgIpc) is 2.91. The van der Waals surface area contributed by atoms with Crippen LogP contribution in [0.2, 0.25) is 0 Å². The van der Waals surface area contributed by atoms with Gasteiger partial charge in [-0.15, -0.1) is 0 Å². The molecule has 2 amide bonds. The highest BCUT2D eigenvalue weighted by molar-refractivity contribution is 6.02. The second-order valence-electron chi connectivity index (χ2n) is 11.3. The third-order valence-electron chi connectivity index (χ3n) is 8.09. The second-order valence-corrected chi connectivity index (χ2v) is 11.3. The SMILES string of the molecule is CC(=O)c1cc(NC(=O)N[C@@H]2CCN(CCO)C[C@H]2CN2CCCC(Cc3ccc(F)cc3)C2)cc(C(C)=O)c1. The Balaban J connectivity index is 1.40. The molecule has 40 heavy (non-hydrogen) atoms. The van der Waals surface area contributed by atoms with Gasteiger partial charge in [0.1, 0.15) is 5.82 Å². The molecule has 4 rings (SSSR count). The number of nitrogens with zero attached hydrogens (tertiary/aromatic N) is 2. The van der Waals surface area contributed by atoms with Gasteiger partial charge >= 0.3 is 6.03 Å². The van der Waals surface area contributed by atoms with Crippen molar-refractivity contribution in [3.05, 3.63) is 65.0 Å². The monoisotopic (exact) mass is 552 g/mol. The molecule has 2 saturated heterocycles. The average molecular weight is 553 g/mol. The lowest BCUT2D eigenvalue weighted by atomic mass is 9.88. The minimum Gasteiger partial charge on any atom is -0.395 e. The van der Waals surface area contributed by atoms with Gasteiger partial charge in [-0.3, -0.25) is 9.59 Å². The summed E-state index contributed by atoms with van der Waals surface area (Å²) in [5.41, 5.74) is 2.30. The van der Waals surface area contributed by atoms with E-state index < -0.39 is 0 Å². The molecule has 9 heteroatoms. The molecular weight excluding hydrogens is 511 g/mol. The summed E-state index contributed by atoms with van der Waals surface area (Å²) >= 11 is 0. The van der Waals surface area contributed by atoms with Gasteiger partial charge in [-0.1, -0.05) is 12.1 Å². The summed E-state index contributed by atoms with van der Waals surface area (Å²) in [5.74, 6) is 0.0958. The number of hydrogen-bond acceptors (Lipinski definition) is 6. The van der Waals surface area contributed by atoms with Crippen molar-refractivity contribution in [2.45, 2.75) is 45.6 Å². The van der Waals surface area contributed by atoms with Crippen molar-refractivity contribution in [3.8, 4) is 0 Å². The van der Waals surface area contributed by atoms with Gasteiger partial charge in [0.25, 0.3) is 0 Å². The van der Waals surface area contributed by atoms with Crippen LogP contribution in [0.3, 0.4) is 0 Å². The summed E-state index contributed by atoms with van der Waals surface area (Å²) in [5, 5.41) is 15.5. The van der Waals surface area contributed by atoms with E-state index in [9.17, 15) is 23.9 Å². The first-order chi connectivity index (χ1) is 19.2. The molecule has 8 nitrogen and oxygen atoms in total. The molecule has 2 fully saturated rings. The van der Waals surface area contributed by atoms with E-state index in [2.05, 4.69) is 20.4 Å². The Morgan fingerprint density at radius 2 is 1.65 bits per heavy atom. The van der Waals surface area contributed by atoms with E-state index in [1.165, 1.54) is 26.0 Å². The molecule has 0 saturated carbocycles. The van der Waals surface area contributed by atoms with E-state index in [-0.39, 0.29) is 42.0 Å². The smallest absolute Gasteiger partial charge is 0.319 e. The van der Waals surface area contributed by atoms with Crippen LogP contribution in [0.5, 0.6) is 0 Å². The molecular formula is C31H41FN4O4. The first kappa shape index (κ1) is 29.8. The molecule has 0 radical (unpaired) electrons. The third-order valence-corrected chi connectivity index (χ3v) is 8.09. The number of aliphatic hydroxyl groups is 1. The fraction of sp³-hybridized carbons (Fsp3) is 0.516. The number of β-amino-alcohol motifs (C(OH)–C–C–N with tert-alkyl or cyclic N) is 1. The van der Waals surface area contributed by atoms with Gasteiger partial charge < -0.3 is 25.5 Å². The van der Waals surface area contributed by atoms with Crippen molar-refractivity contribution >= 4 is 23.3 Å². The summed E-state index contributed by atoms with van der Waals surface area (Å²) in [7, 11) is 0. The number of rotatable bonds is 10. The van der Waals surface area contributed by atoms with Crippen molar-refractivity contribution in [2.75, 3.05) is 51.2 Å². The molecule has 3 atom stereocenters. The largest absolute Gasteiger partial charge is 0.395 e. The predicted octanol–water partition coefficient (Wildman–Crippen LogP) is 3.99. The van der Waals surface area contributed by atoms with E-state index in [0.29, 0.717) is 29.3 Å². The van der Waals surface area contributed by atoms with Crippen LogP contribution in [-0.2, 0) is 6.42 Å². The van der Waals surface area contributed by atoms with Crippen molar-refractivity contribution in [2.24, 2.45) is 11.8 Å². The maximum atomic E-state index is 13.3.